The van der Waals surface area contributed by atoms with Crippen LogP contribution >= 0.6 is 23.4 Å². The highest BCUT2D eigenvalue weighted by molar-refractivity contribution is 8.00. The minimum atomic E-state index is -3.06. The topological polar surface area (TPSA) is 89.5 Å². The lowest BCUT2D eigenvalue weighted by molar-refractivity contribution is -0.147. The van der Waals surface area contributed by atoms with Gasteiger partial charge in [-0.2, -0.15) is 0 Å². The van der Waals surface area contributed by atoms with Crippen molar-refractivity contribution in [1.29, 1.82) is 0 Å². The number of ether oxygens (including phenoxy) is 1. The van der Waals surface area contributed by atoms with E-state index < -0.39 is 39.6 Å². The Morgan fingerprint density at radius 3 is 2.62 bits per heavy atom. The number of amides is 1. The van der Waals surface area contributed by atoms with Gasteiger partial charge in [0.25, 0.3) is 5.91 Å². The molecule has 1 aromatic carbocycles. The Kier molecular flexibility index (Phi) is 6.54. The molecule has 6 nitrogen and oxygen atoms in total. The summed E-state index contributed by atoms with van der Waals surface area (Å²) >= 11 is 7.10. The summed E-state index contributed by atoms with van der Waals surface area (Å²) in [4.78, 5) is 24.5. The second-order valence-corrected chi connectivity index (χ2v) is 9.57. The van der Waals surface area contributed by atoms with E-state index in [0.717, 1.165) is 4.90 Å². The summed E-state index contributed by atoms with van der Waals surface area (Å²) in [6, 6.07) is 6.64. The number of benzene rings is 1. The molecule has 2 atom stereocenters. The minimum absolute atomic E-state index is 0.0600. The van der Waals surface area contributed by atoms with Gasteiger partial charge in [0, 0.05) is 16.0 Å². The summed E-state index contributed by atoms with van der Waals surface area (Å²) in [6.07, 6.45) is 0.394. The van der Waals surface area contributed by atoms with Crippen LogP contribution in [0.25, 0.3) is 0 Å². The largest absolute Gasteiger partial charge is 0.455 e. The van der Waals surface area contributed by atoms with E-state index in [1.807, 2.05) is 0 Å². The Balaban J connectivity index is 1.73. The van der Waals surface area contributed by atoms with Crippen molar-refractivity contribution in [3.8, 4) is 0 Å². The lowest BCUT2D eigenvalue weighted by atomic mass is 10.2. The zero-order valence-electron chi connectivity index (χ0n) is 13.0. The van der Waals surface area contributed by atoms with Gasteiger partial charge in [0.05, 0.1) is 11.5 Å². The van der Waals surface area contributed by atoms with Gasteiger partial charge in [-0.05, 0) is 37.6 Å². The first-order valence-corrected chi connectivity index (χ1v) is 10.4. The van der Waals surface area contributed by atoms with E-state index >= 15 is 0 Å². The normalized spacial score (nSPS) is 20.3. The number of halogens is 1. The lowest BCUT2D eigenvalue weighted by Crippen LogP contribution is -2.38. The number of sulfone groups is 1. The van der Waals surface area contributed by atoms with Crippen molar-refractivity contribution < 1.29 is 22.7 Å². The first-order chi connectivity index (χ1) is 11.2. The van der Waals surface area contributed by atoms with Crippen molar-refractivity contribution in [2.75, 3.05) is 18.1 Å². The molecule has 1 aliphatic rings. The lowest BCUT2D eigenvalue weighted by Gasteiger charge is -2.13. The SMILES string of the molecule is C[C@@H](Sc1ccc(Cl)cc1)C(=O)OCC(=O)N[C@@H]1CCS(=O)(=O)C1. The van der Waals surface area contributed by atoms with E-state index in [4.69, 9.17) is 16.3 Å². The molecular formula is C15H18ClNO5S2. The fourth-order valence-corrected chi connectivity index (χ4v) is 4.86. The molecule has 0 bridgehead atoms. The van der Waals surface area contributed by atoms with Crippen LogP contribution in [0.1, 0.15) is 13.3 Å². The first kappa shape index (κ1) is 19.1. The quantitative estimate of drug-likeness (QED) is 0.586. The Bertz CT molecular complexity index is 705. The Morgan fingerprint density at radius 2 is 2.04 bits per heavy atom. The standard InChI is InChI=1S/C15H18ClNO5S2/c1-10(23-13-4-2-11(16)3-5-13)15(19)22-8-14(18)17-12-6-7-24(20,21)9-12/h2-5,10,12H,6-9H2,1H3,(H,17,18)/t10-,12-/m1/s1. The Morgan fingerprint density at radius 1 is 1.38 bits per heavy atom. The Labute approximate surface area is 150 Å². The molecule has 0 radical (unpaired) electrons. The number of carbonyl (C=O) groups excluding carboxylic acids is 2. The van der Waals surface area contributed by atoms with Gasteiger partial charge < -0.3 is 10.1 Å². The molecule has 1 fully saturated rings. The smallest absolute Gasteiger partial charge is 0.319 e. The highest BCUT2D eigenvalue weighted by Crippen LogP contribution is 2.25. The third-order valence-electron chi connectivity index (χ3n) is 3.40. The van der Waals surface area contributed by atoms with Crippen LogP contribution in [-0.4, -0.2) is 49.7 Å². The number of hydrogen-bond donors (Lipinski definition) is 1. The second-order valence-electron chi connectivity index (χ2n) is 5.49. The summed E-state index contributed by atoms with van der Waals surface area (Å²) in [5.41, 5.74) is 0. The number of hydrogen-bond acceptors (Lipinski definition) is 6. The van der Waals surface area contributed by atoms with Crippen LogP contribution in [0.15, 0.2) is 29.2 Å². The minimum Gasteiger partial charge on any atom is -0.455 e. The van der Waals surface area contributed by atoms with E-state index in [2.05, 4.69) is 5.32 Å². The molecule has 1 saturated heterocycles. The fourth-order valence-electron chi connectivity index (χ4n) is 2.20. The molecule has 24 heavy (non-hydrogen) atoms. The monoisotopic (exact) mass is 391 g/mol. The molecule has 9 heteroatoms. The summed E-state index contributed by atoms with van der Waals surface area (Å²) < 4.78 is 27.6. The zero-order chi connectivity index (χ0) is 17.7. The molecule has 1 amide bonds. The van der Waals surface area contributed by atoms with Crippen LogP contribution in [0.5, 0.6) is 0 Å². The molecule has 0 aromatic heterocycles. The van der Waals surface area contributed by atoms with Gasteiger partial charge in [0.1, 0.15) is 5.25 Å². The molecule has 2 rings (SSSR count). The number of carbonyl (C=O) groups is 2. The molecule has 0 spiro atoms. The fraction of sp³-hybridized carbons (Fsp3) is 0.467. The molecule has 1 N–H and O–H groups in total. The van der Waals surface area contributed by atoms with Gasteiger partial charge in [-0.3, -0.25) is 9.59 Å². The summed E-state index contributed by atoms with van der Waals surface area (Å²) in [7, 11) is -3.06. The Hall–Kier alpha value is -1.25. The van der Waals surface area contributed by atoms with Crippen LogP contribution in [0.2, 0.25) is 5.02 Å². The van der Waals surface area contributed by atoms with E-state index in [1.54, 1.807) is 31.2 Å². The molecule has 1 aliphatic heterocycles. The first-order valence-electron chi connectivity index (χ1n) is 7.34. The average molecular weight is 392 g/mol. The van der Waals surface area contributed by atoms with Crippen molar-refractivity contribution in [2.24, 2.45) is 0 Å². The molecule has 0 saturated carbocycles. The van der Waals surface area contributed by atoms with E-state index in [-0.39, 0.29) is 11.5 Å². The van der Waals surface area contributed by atoms with Crippen LogP contribution in [-0.2, 0) is 24.2 Å². The van der Waals surface area contributed by atoms with Crippen molar-refractivity contribution in [2.45, 2.75) is 29.5 Å². The van der Waals surface area contributed by atoms with Crippen LogP contribution in [0.3, 0.4) is 0 Å². The number of thioether (sulfide) groups is 1. The number of esters is 1. The third-order valence-corrected chi connectivity index (χ3v) is 6.51. The van der Waals surface area contributed by atoms with Gasteiger partial charge in [-0.1, -0.05) is 11.6 Å². The highest BCUT2D eigenvalue weighted by atomic mass is 35.5. The van der Waals surface area contributed by atoms with Crippen molar-refractivity contribution in [1.82, 2.24) is 5.32 Å². The predicted molar refractivity (Wildman–Crippen MR) is 92.9 cm³/mol. The maximum Gasteiger partial charge on any atom is 0.319 e. The zero-order valence-corrected chi connectivity index (χ0v) is 15.4. The van der Waals surface area contributed by atoms with Crippen LogP contribution < -0.4 is 5.32 Å². The summed E-state index contributed by atoms with van der Waals surface area (Å²) in [5.74, 6) is -0.986. The highest BCUT2D eigenvalue weighted by Gasteiger charge is 2.29. The molecule has 1 heterocycles. The van der Waals surface area contributed by atoms with Crippen molar-refractivity contribution in [3.63, 3.8) is 0 Å². The van der Waals surface area contributed by atoms with E-state index in [0.29, 0.717) is 11.4 Å². The second kappa shape index (κ2) is 8.22. The predicted octanol–water partition coefficient (Wildman–Crippen LogP) is 1.67. The van der Waals surface area contributed by atoms with Gasteiger partial charge in [-0.25, -0.2) is 8.42 Å². The van der Waals surface area contributed by atoms with Crippen molar-refractivity contribution in [3.05, 3.63) is 29.3 Å². The molecule has 1 aromatic rings. The number of nitrogens with one attached hydrogen (secondary N) is 1. The summed E-state index contributed by atoms with van der Waals surface area (Å²) in [5, 5.41) is 2.70. The third kappa shape index (κ3) is 5.99. The van der Waals surface area contributed by atoms with E-state index in [9.17, 15) is 18.0 Å². The van der Waals surface area contributed by atoms with Gasteiger partial charge in [0.2, 0.25) is 0 Å². The maximum absolute atomic E-state index is 11.9. The number of rotatable bonds is 6. The van der Waals surface area contributed by atoms with E-state index in [1.165, 1.54) is 11.8 Å². The maximum atomic E-state index is 11.9. The molecule has 0 unspecified atom stereocenters. The molecular weight excluding hydrogens is 374 g/mol. The summed E-state index contributed by atoms with van der Waals surface area (Å²) in [6.45, 7) is 1.27. The van der Waals surface area contributed by atoms with Crippen molar-refractivity contribution >= 4 is 45.1 Å². The van der Waals surface area contributed by atoms with Gasteiger partial charge in [-0.15, -0.1) is 11.8 Å². The van der Waals surface area contributed by atoms with Crippen LogP contribution in [0.4, 0.5) is 0 Å². The average Bonchev–Trinajstić information content (AvgIpc) is 2.85. The van der Waals surface area contributed by atoms with Crippen LogP contribution in [0, 0.1) is 0 Å². The molecule has 0 aliphatic carbocycles. The van der Waals surface area contributed by atoms with Gasteiger partial charge in [0.15, 0.2) is 16.4 Å². The van der Waals surface area contributed by atoms with Gasteiger partial charge >= 0.3 is 5.97 Å². The molecule has 132 valence electrons.